The predicted octanol–water partition coefficient (Wildman–Crippen LogP) is 5.59. The molecule has 0 aliphatic rings. The molecule has 162 valence electrons. The van der Waals surface area contributed by atoms with Gasteiger partial charge in [-0.1, -0.05) is 24.3 Å². The maximum absolute atomic E-state index is 10.9. The predicted molar refractivity (Wildman–Crippen MR) is 129 cm³/mol. The maximum atomic E-state index is 10.9. The monoisotopic (exact) mass is 443 g/mol. The smallest absolute Gasteiger partial charge is 0.220 e. The van der Waals surface area contributed by atoms with Crippen LogP contribution in [-0.2, 0) is 4.79 Å². The second-order valence-electron chi connectivity index (χ2n) is 7.45. The molecule has 1 amide bonds. The van der Waals surface area contributed by atoms with Crippen LogP contribution in [-0.4, -0.2) is 21.4 Å². The largest absolute Gasteiger partial charge is 0.439 e. The number of hydrogen-bond acceptors (Lipinski definition) is 6. The molecule has 0 spiro atoms. The van der Waals surface area contributed by atoms with Gasteiger partial charge in [0.25, 0.3) is 0 Å². The Morgan fingerprint density at radius 2 is 1.79 bits per heavy atom. The van der Waals surface area contributed by atoms with Crippen LogP contribution in [0.3, 0.4) is 0 Å². The summed E-state index contributed by atoms with van der Waals surface area (Å²) in [5, 5.41) is 12.7. The molecule has 0 aliphatic carbocycles. The fraction of sp³-hybridized carbons (Fsp3) is 0. The molecule has 3 aromatic carbocycles. The fourth-order valence-corrected chi connectivity index (χ4v) is 3.71. The number of hydrogen-bond donors (Lipinski definition) is 1. The lowest BCUT2D eigenvalue weighted by atomic mass is 9.96. The molecule has 0 radical (unpaired) electrons. The number of nitrogens with zero attached hydrogens (tertiary/aromatic N) is 4. The quantitative estimate of drug-likeness (QED) is 0.343. The zero-order valence-corrected chi connectivity index (χ0v) is 17.8. The van der Waals surface area contributed by atoms with E-state index in [4.69, 9.17) is 10.00 Å². The highest BCUT2D eigenvalue weighted by Crippen LogP contribution is 2.34. The van der Waals surface area contributed by atoms with Crippen LogP contribution < -0.4 is 10.1 Å². The molecule has 0 bridgehead atoms. The molecule has 5 rings (SSSR count). The lowest BCUT2D eigenvalue weighted by Gasteiger charge is -2.12. The van der Waals surface area contributed by atoms with E-state index in [2.05, 4.69) is 32.4 Å². The summed E-state index contributed by atoms with van der Waals surface area (Å²) in [5.74, 6) is 0.976. The van der Waals surface area contributed by atoms with Crippen molar-refractivity contribution >= 4 is 23.0 Å². The molecule has 7 nitrogen and oxygen atoms in total. The zero-order valence-electron chi connectivity index (χ0n) is 17.8. The summed E-state index contributed by atoms with van der Waals surface area (Å²) < 4.78 is 5.79. The second-order valence-corrected chi connectivity index (χ2v) is 7.45. The Hall–Kier alpha value is -5.09. The van der Waals surface area contributed by atoms with Gasteiger partial charge in [0, 0.05) is 35.1 Å². The van der Waals surface area contributed by atoms with Crippen molar-refractivity contribution in [1.82, 2.24) is 15.0 Å². The van der Waals surface area contributed by atoms with Crippen molar-refractivity contribution < 1.29 is 9.53 Å². The average molecular weight is 443 g/mol. The first-order valence-electron chi connectivity index (χ1n) is 10.4. The van der Waals surface area contributed by atoms with Gasteiger partial charge in [0.05, 0.1) is 17.1 Å². The van der Waals surface area contributed by atoms with Crippen LogP contribution >= 0.6 is 0 Å². The minimum Gasteiger partial charge on any atom is -0.439 e. The van der Waals surface area contributed by atoms with Crippen molar-refractivity contribution in [3.8, 4) is 40.0 Å². The number of anilines is 1. The normalized spacial score (nSPS) is 10.4. The molecule has 0 aliphatic heterocycles. The third-order valence-electron chi connectivity index (χ3n) is 5.28. The number of carbonyl (C=O) groups is 1. The number of amides is 1. The number of ether oxygens (including phenoxy) is 1. The van der Waals surface area contributed by atoms with E-state index < -0.39 is 0 Å². The van der Waals surface area contributed by atoms with E-state index in [1.807, 2.05) is 54.6 Å². The number of pyridine rings is 1. The van der Waals surface area contributed by atoms with E-state index in [1.54, 1.807) is 24.5 Å². The minimum absolute atomic E-state index is 0.362. The van der Waals surface area contributed by atoms with E-state index in [0.29, 0.717) is 29.3 Å². The summed E-state index contributed by atoms with van der Waals surface area (Å²) in [5.41, 5.74) is 5.85. The molecule has 2 heterocycles. The van der Waals surface area contributed by atoms with E-state index in [1.165, 1.54) is 6.33 Å². The second kappa shape index (κ2) is 9.18. The molecular formula is C27H17N5O2. The molecule has 2 aromatic heterocycles. The van der Waals surface area contributed by atoms with Gasteiger partial charge in [-0.05, 0) is 59.2 Å². The van der Waals surface area contributed by atoms with Gasteiger partial charge in [0.15, 0.2) is 0 Å². The van der Waals surface area contributed by atoms with Crippen molar-refractivity contribution in [3.63, 3.8) is 0 Å². The average Bonchev–Trinajstić information content (AvgIpc) is 2.89. The van der Waals surface area contributed by atoms with Crippen molar-refractivity contribution in [1.29, 1.82) is 5.26 Å². The number of nitriles is 1. The lowest BCUT2D eigenvalue weighted by Crippen LogP contribution is -1.94. The number of fused-ring (bicyclic) bond motifs is 1. The van der Waals surface area contributed by atoms with Crippen molar-refractivity contribution in [2.45, 2.75) is 0 Å². The number of carbonyl (C=O) groups excluding carboxylic acids is 1. The van der Waals surface area contributed by atoms with Crippen LogP contribution in [0.5, 0.6) is 11.6 Å². The molecule has 0 saturated heterocycles. The number of nitrogens with one attached hydrogen (secondary N) is 1. The number of rotatable bonds is 6. The Morgan fingerprint density at radius 3 is 2.62 bits per heavy atom. The molecule has 5 aromatic rings. The topological polar surface area (TPSA) is 101 Å². The van der Waals surface area contributed by atoms with E-state index in [9.17, 15) is 4.79 Å². The lowest BCUT2D eigenvalue weighted by molar-refractivity contribution is -0.105. The third kappa shape index (κ3) is 4.29. The van der Waals surface area contributed by atoms with Gasteiger partial charge in [0.2, 0.25) is 12.3 Å². The Balaban J connectivity index is 1.52. The Morgan fingerprint density at radius 1 is 0.912 bits per heavy atom. The van der Waals surface area contributed by atoms with E-state index >= 15 is 0 Å². The van der Waals surface area contributed by atoms with Crippen LogP contribution in [0.2, 0.25) is 0 Å². The van der Waals surface area contributed by atoms with Crippen molar-refractivity contribution in [2.24, 2.45) is 0 Å². The summed E-state index contributed by atoms with van der Waals surface area (Å²) >= 11 is 0. The van der Waals surface area contributed by atoms with Crippen LogP contribution in [0.1, 0.15) is 5.56 Å². The summed E-state index contributed by atoms with van der Waals surface area (Å²) in [7, 11) is 0. The van der Waals surface area contributed by atoms with Crippen LogP contribution in [0.25, 0.3) is 33.2 Å². The first-order valence-corrected chi connectivity index (χ1v) is 10.4. The third-order valence-corrected chi connectivity index (χ3v) is 5.28. The Bertz CT molecular complexity index is 1540. The summed E-state index contributed by atoms with van der Waals surface area (Å²) in [6, 6.07) is 24.7. The molecule has 0 atom stereocenters. The highest BCUT2D eigenvalue weighted by molar-refractivity contribution is 5.97. The molecule has 0 unspecified atom stereocenters. The van der Waals surface area contributed by atoms with Crippen molar-refractivity contribution in [3.05, 3.63) is 97.1 Å². The molecule has 0 fully saturated rings. The van der Waals surface area contributed by atoms with Gasteiger partial charge in [0.1, 0.15) is 12.1 Å². The zero-order chi connectivity index (χ0) is 23.3. The van der Waals surface area contributed by atoms with E-state index in [-0.39, 0.29) is 0 Å². The molecule has 34 heavy (non-hydrogen) atoms. The summed E-state index contributed by atoms with van der Waals surface area (Å²) in [6.45, 7) is 0. The minimum atomic E-state index is 0.362. The van der Waals surface area contributed by atoms with Crippen LogP contribution in [0.4, 0.5) is 5.69 Å². The number of benzene rings is 3. The molecule has 7 heteroatoms. The first kappa shape index (κ1) is 20.8. The highest BCUT2D eigenvalue weighted by atomic mass is 16.5. The Kier molecular flexibility index (Phi) is 5.62. The standard InChI is InChI=1S/C27H17N5O2/c28-14-18-8-9-30-26(10-18)34-24-6-4-19(5-7-24)21-11-22-15-29-16-31-27(22)25(13-21)20-2-1-3-23(12-20)32-17-33/h1-13,15-17H,(H,32,33). The van der Waals surface area contributed by atoms with Crippen LogP contribution in [0.15, 0.2) is 91.5 Å². The fourth-order valence-electron chi connectivity index (χ4n) is 3.71. The molecular weight excluding hydrogens is 426 g/mol. The first-order chi connectivity index (χ1) is 16.7. The SMILES string of the molecule is N#Cc1ccnc(Oc2ccc(-c3cc(-c4cccc(NC=O)c4)c4ncncc4c3)cc2)c1. The van der Waals surface area contributed by atoms with Gasteiger partial charge in [-0.3, -0.25) is 4.79 Å². The molecule has 0 saturated carbocycles. The highest BCUT2D eigenvalue weighted by Gasteiger charge is 2.11. The maximum Gasteiger partial charge on any atom is 0.220 e. The van der Waals surface area contributed by atoms with Crippen LogP contribution in [0, 0.1) is 11.3 Å². The molecule has 1 N–H and O–H groups in total. The van der Waals surface area contributed by atoms with Gasteiger partial charge >= 0.3 is 0 Å². The van der Waals surface area contributed by atoms with Gasteiger partial charge in [-0.2, -0.15) is 5.26 Å². The summed E-state index contributed by atoms with van der Waals surface area (Å²) in [6.07, 6.45) is 5.51. The Labute approximate surface area is 195 Å². The van der Waals surface area contributed by atoms with Gasteiger partial charge < -0.3 is 10.1 Å². The van der Waals surface area contributed by atoms with Gasteiger partial charge in [-0.25, -0.2) is 15.0 Å². The van der Waals surface area contributed by atoms with E-state index in [0.717, 1.165) is 33.2 Å². The number of aromatic nitrogens is 3. The summed E-state index contributed by atoms with van der Waals surface area (Å²) in [4.78, 5) is 23.7. The van der Waals surface area contributed by atoms with Crippen molar-refractivity contribution in [2.75, 3.05) is 5.32 Å². The van der Waals surface area contributed by atoms with Gasteiger partial charge in [-0.15, -0.1) is 0 Å².